The Morgan fingerprint density at radius 1 is 1.06 bits per heavy atom. The number of carbonyl (C=O) groups is 3. The number of aliphatic carboxylic acids is 1. The molecule has 2 saturated heterocycles. The highest BCUT2D eigenvalue weighted by Crippen LogP contribution is 2.44. The van der Waals surface area contributed by atoms with Crippen molar-refractivity contribution >= 4 is 18.0 Å². The third-order valence-electron chi connectivity index (χ3n) is 7.30. The maximum atomic E-state index is 13.5. The first kappa shape index (κ1) is 23.3. The lowest BCUT2D eigenvalue weighted by Gasteiger charge is -2.35. The average molecular weight is 481 g/mol. The van der Waals surface area contributed by atoms with Gasteiger partial charge in [-0.15, -0.1) is 0 Å². The molecule has 3 unspecified atom stereocenters. The van der Waals surface area contributed by atoms with Gasteiger partial charge in [-0.05, 0) is 22.3 Å². The molecular weight excluding hydrogens is 452 g/mol. The number of hydrogen-bond donors (Lipinski definition) is 2. The van der Waals surface area contributed by atoms with Crippen molar-refractivity contribution in [2.24, 2.45) is 5.92 Å². The van der Waals surface area contributed by atoms with E-state index in [0.29, 0.717) is 6.61 Å². The molecule has 3 aliphatic rings. The van der Waals surface area contributed by atoms with Crippen molar-refractivity contribution in [1.82, 2.24) is 10.2 Å². The monoisotopic (exact) mass is 480 g/mol. The Balaban J connectivity index is 1.29. The summed E-state index contributed by atoms with van der Waals surface area (Å²) in [7, 11) is 1.54. The van der Waals surface area contributed by atoms with Gasteiger partial charge in [0.15, 0.2) is 0 Å². The smallest absolute Gasteiger partial charge is 0.408 e. The molecule has 0 saturated carbocycles. The molecule has 9 nitrogen and oxygen atoms in total. The number of ether oxygens (including phenoxy) is 3. The van der Waals surface area contributed by atoms with E-state index in [1.54, 1.807) is 0 Å². The van der Waals surface area contributed by atoms with Gasteiger partial charge in [0, 0.05) is 26.0 Å². The lowest BCUT2D eigenvalue weighted by Crippen LogP contribution is -2.62. The minimum atomic E-state index is -1.32. The number of carbonyl (C=O) groups excluding carboxylic acids is 2. The molecular formula is C26H28N2O7. The first-order chi connectivity index (χ1) is 16.9. The Morgan fingerprint density at radius 3 is 2.31 bits per heavy atom. The van der Waals surface area contributed by atoms with E-state index in [0.717, 1.165) is 22.3 Å². The SMILES string of the molecule is CN(C(=O)C1(NC(=O)OCC2c3ccccc3-c3ccccc32)CCOC1)C1COCC1C(=O)O. The second-order valence-corrected chi connectivity index (χ2v) is 9.30. The van der Waals surface area contributed by atoms with E-state index in [2.05, 4.69) is 17.4 Å². The van der Waals surface area contributed by atoms with Crippen molar-refractivity contribution in [3.8, 4) is 11.1 Å². The molecule has 3 atom stereocenters. The van der Waals surface area contributed by atoms with Crippen LogP contribution in [0.15, 0.2) is 48.5 Å². The number of nitrogens with zero attached hydrogens (tertiary/aromatic N) is 1. The van der Waals surface area contributed by atoms with E-state index in [9.17, 15) is 19.5 Å². The largest absolute Gasteiger partial charge is 0.481 e. The number of carboxylic acid groups (broad SMARTS) is 1. The highest BCUT2D eigenvalue weighted by Gasteiger charge is 2.49. The van der Waals surface area contributed by atoms with Gasteiger partial charge in [-0.1, -0.05) is 48.5 Å². The molecule has 2 aromatic carbocycles. The molecule has 2 aliphatic heterocycles. The summed E-state index contributed by atoms with van der Waals surface area (Å²) in [4.78, 5) is 39.3. The summed E-state index contributed by atoms with van der Waals surface area (Å²) in [6.45, 7) is 0.582. The lowest BCUT2D eigenvalue weighted by atomic mass is 9.94. The minimum Gasteiger partial charge on any atom is -0.481 e. The summed E-state index contributed by atoms with van der Waals surface area (Å²) in [5.41, 5.74) is 3.13. The van der Waals surface area contributed by atoms with Crippen LogP contribution >= 0.6 is 0 Å². The quantitative estimate of drug-likeness (QED) is 0.652. The number of alkyl carbamates (subject to hydrolysis) is 1. The van der Waals surface area contributed by atoms with E-state index in [-0.39, 0.29) is 38.8 Å². The van der Waals surface area contributed by atoms with Gasteiger partial charge < -0.3 is 29.5 Å². The predicted molar refractivity (Wildman–Crippen MR) is 125 cm³/mol. The number of fused-ring (bicyclic) bond motifs is 3. The molecule has 2 aromatic rings. The van der Waals surface area contributed by atoms with Crippen LogP contribution in [-0.2, 0) is 23.8 Å². The predicted octanol–water partition coefficient (Wildman–Crippen LogP) is 2.24. The summed E-state index contributed by atoms with van der Waals surface area (Å²) in [5, 5.41) is 12.2. The molecule has 0 radical (unpaired) electrons. The molecule has 2 heterocycles. The molecule has 0 bridgehead atoms. The fraction of sp³-hybridized carbons (Fsp3) is 0.423. The summed E-state index contributed by atoms with van der Waals surface area (Å²) in [6, 6.07) is 15.5. The van der Waals surface area contributed by atoms with Crippen molar-refractivity contribution in [1.29, 1.82) is 0 Å². The molecule has 0 aromatic heterocycles. The Morgan fingerprint density at radius 2 is 1.71 bits per heavy atom. The van der Waals surface area contributed by atoms with Gasteiger partial charge in [0.25, 0.3) is 5.91 Å². The van der Waals surface area contributed by atoms with Crippen LogP contribution in [0.5, 0.6) is 0 Å². The van der Waals surface area contributed by atoms with Gasteiger partial charge in [-0.3, -0.25) is 9.59 Å². The summed E-state index contributed by atoms with van der Waals surface area (Å²) >= 11 is 0. The Kier molecular flexibility index (Phi) is 6.21. The van der Waals surface area contributed by atoms with Crippen LogP contribution in [0.25, 0.3) is 11.1 Å². The van der Waals surface area contributed by atoms with Crippen molar-refractivity contribution in [2.75, 3.05) is 40.1 Å². The van der Waals surface area contributed by atoms with Gasteiger partial charge in [0.2, 0.25) is 0 Å². The van der Waals surface area contributed by atoms with Crippen LogP contribution in [-0.4, -0.2) is 79.6 Å². The molecule has 0 spiro atoms. The molecule has 5 rings (SSSR count). The Bertz CT molecular complexity index is 1100. The molecule has 1 aliphatic carbocycles. The number of nitrogens with one attached hydrogen (secondary N) is 1. The summed E-state index contributed by atoms with van der Waals surface area (Å²) < 4.78 is 16.4. The number of rotatable bonds is 6. The Labute approximate surface area is 203 Å². The number of benzene rings is 2. The molecule has 35 heavy (non-hydrogen) atoms. The first-order valence-corrected chi connectivity index (χ1v) is 11.7. The normalized spacial score (nSPS) is 25.1. The van der Waals surface area contributed by atoms with Crippen LogP contribution in [0.3, 0.4) is 0 Å². The van der Waals surface area contributed by atoms with Gasteiger partial charge in [0.1, 0.15) is 18.1 Å². The topological polar surface area (TPSA) is 114 Å². The zero-order valence-electron chi connectivity index (χ0n) is 19.4. The molecule has 9 heteroatoms. The highest BCUT2D eigenvalue weighted by molar-refractivity contribution is 5.91. The first-order valence-electron chi connectivity index (χ1n) is 11.7. The van der Waals surface area contributed by atoms with Crippen LogP contribution in [0.1, 0.15) is 23.5 Å². The third-order valence-corrected chi connectivity index (χ3v) is 7.30. The maximum absolute atomic E-state index is 13.5. The Hall–Kier alpha value is -3.43. The van der Waals surface area contributed by atoms with Crippen LogP contribution in [0.2, 0.25) is 0 Å². The van der Waals surface area contributed by atoms with Crippen LogP contribution in [0.4, 0.5) is 4.79 Å². The third kappa shape index (κ3) is 4.15. The highest BCUT2D eigenvalue weighted by atomic mass is 16.6. The van der Waals surface area contributed by atoms with Gasteiger partial charge in [-0.2, -0.15) is 0 Å². The van der Waals surface area contributed by atoms with E-state index in [4.69, 9.17) is 14.2 Å². The van der Waals surface area contributed by atoms with Crippen molar-refractivity contribution in [2.45, 2.75) is 23.9 Å². The fourth-order valence-corrected chi connectivity index (χ4v) is 5.36. The minimum absolute atomic E-state index is 0.00825. The lowest BCUT2D eigenvalue weighted by molar-refractivity contribution is -0.146. The van der Waals surface area contributed by atoms with Crippen LogP contribution < -0.4 is 5.32 Å². The maximum Gasteiger partial charge on any atom is 0.408 e. The molecule has 2 amide bonds. The molecule has 2 N–H and O–H groups in total. The molecule has 184 valence electrons. The molecule has 2 fully saturated rings. The van der Waals surface area contributed by atoms with Gasteiger partial charge in [0.05, 0.1) is 25.9 Å². The number of amides is 2. The fourth-order valence-electron chi connectivity index (χ4n) is 5.36. The summed E-state index contributed by atoms with van der Waals surface area (Å²) in [6.07, 6.45) is -0.442. The zero-order valence-corrected chi connectivity index (χ0v) is 19.4. The number of carboxylic acids is 1. The van der Waals surface area contributed by atoms with E-state index < -0.39 is 35.5 Å². The average Bonchev–Trinajstić information content (AvgIpc) is 3.60. The second kappa shape index (κ2) is 9.31. The van der Waals surface area contributed by atoms with E-state index in [1.807, 2.05) is 36.4 Å². The van der Waals surface area contributed by atoms with Crippen LogP contribution in [0, 0.1) is 5.92 Å². The standard InChI is InChI=1S/C26H28N2O7/c1-28(22-14-34-12-21(22)23(29)30)24(31)26(10-11-33-15-26)27-25(32)35-13-20-18-8-4-2-6-16(18)17-7-3-5-9-19(17)20/h2-9,20-22H,10-15H2,1H3,(H,27,32)(H,29,30). The van der Waals surface area contributed by atoms with Crippen molar-refractivity contribution < 1.29 is 33.7 Å². The number of likely N-dealkylation sites (N-methyl/N-ethyl adjacent to an activating group) is 1. The van der Waals surface area contributed by atoms with Crippen molar-refractivity contribution in [3.05, 3.63) is 59.7 Å². The van der Waals surface area contributed by atoms with Gasteiger partial charge >= 0.3 is 12.1 Å². The van der Waals surface area contributed by atoms with E-state index >= 15 is 0 Å². The zero-order chi connectivity index (χ0) is 24.6. The number of hydrogen-bond acceptors (Lipinski definition) is 6. The second-order valence-electron chi connectivity index (χ2n) is 9.30. The van der Waals surface area contributed by atoms with Gasteiger partial charge in [-0.25, -0.2) is 4.79 Å². The van der Waals surface area contributed by atoms with E-state index in [1.165, 1.54) is 11.9 Å². The van der Waals surface area contributed by atoms with Crippen molar-refractivity contribution in [3.63, 3.8) is 0 Å². The summed E-state index contributed by atoms with van der Waals surface area (Å²) in [5.74, 6) is -2.36.